The summed E-state index contributed by atoms with van der Waals surface area (Å²) >= 11 is 0. The van der Waals surface area contributed by atoms with Crippen LogP contribution in [0.2, 0.25) is 0 Å². The van der Waals surface area contributed by atoms with Crippen LogP contribution in [0.15, 0.2) is 29.2 Å². The second kappa shape index (κ2) is 8.44. The molecule has 0 bridgehead atoms. The number of carbonyl (C=O) groups is 1. The van der Waals surface area contributed by atoms with E-state index in [1.54, 1.807) is 0 Å². The van der Waals surface area contributed by atoms with Crippen molar-refractivity contribution in [3.8, 4) is 5.75 Å². The molecule has 162 valence electrons. The molecule has 2 heterocycles. The molecule has 2 N–H and O–H groups in total. The summed E-state index contributed by atoms with van der Waals surface area (Å²) in [5, 5.41) is 0. The maximum Gasteiger partial charge on any atom is 0.252 e. The standard InChI is InChI=1S/C19H26N6O4S/c1-13-11-17(23(2)3)22-19(21-13)24-7-9-25(10-8-24)30(27,28)14-5-6-16(29-4)15(12-14)18(20)26/h5-6,11-12H,7-10H2,1-4H3,(H2,20,26). The van der Waals surface area contributed by atoms with Gasteiger partial charge >= 0.3 is 0 Å². The van der Waals surface area contributed by atoms with Crippen LogP contribution < -0.4 is 20.3 Å². The maximum absolute atomic E-state index is 13.1. The minimum atomic E-state index is -3.78. The Kier molecular flexibility index (Phi) is 6.13. The first-order chi connectivity index (χ1) is 14.1. The predicted molar refractivity (Wildman–Crippen MR) is 114 cm³/mol. The van der Waals surface area contributed by atoms with Crippen LogP contribution >= 0.6 is 0 Å². The summed E-state index contributed by atoms with van der Waals surface area (Å²) in [5.41, 5.74) is 6.23. The Morgan fingerprint density at radius 2 is 1.80 bits per heavy atom. The zero-order chi connectivity index (χ0) is 22.1. The van der Waals surface area contributed by atoms with E-state index in [1.807, 2.05) is 36.9 Å². The fourth-order valence-corrected chi connectivity index (χ4v) is 4.67. The van der Waals surface area contributed by atoms with Gasteiger partial charge in [0, 0.05) is 52.0 Å². The average Bonchev–Trinajstić information content (AvgIpc) is 2.72. The number of aryl methyl sites for hydroxylation is 1. The van der Waals surface area contributed by atoms with Crippen LogP contribution in [-0.2, 0) is 10.0 Å². The number of carbonyl (C=O) groups excluding carboxylic acids is 1. The van der Waals surface area contributed by atoms with Gasteiger partial charge in [0.25, 0.3) is 5.91 Å². The van der Waals surface area contributed by atoms with Gasteiger partial charge in [-0.25, -0.2) is 13.4 Å². The van der Waals surface area contributed by atoms with Gasteiger partial charge in [-0.15, -0.1) is 0 Å². The predicted octanol–water partition coefficient (Wildman–Crippen LogP) is 0.469. The summed E-state index contributed by atoms with van der Waals surface area (Å²) in [6.07, 6.45) is 0. The highest BCUT2D eigenvalue weighted by Gasteiger charge is 2.30. The number of nitrogens with zero attached hydrogens (tertiary/aromatic N) is 5. The minimum absolute atomic E-state index is 0.00671. The van der Waals surface area contributed by atoms with Crippen LogP contribution in [0, 0.1) is 6.92 Å². The highest BCUT2D eigenvalue weighted by atomic mass is 32.2. The number of aromatic nitrogens is 2. The van der Waals surface area contributed by atoms with Crippen LogP contribution in [0.3, 0.4) is 0 Å². The van der Waals surface area contributed by atoms with E-state index < -0.39 is 15.9 Å². The molecule has 0 saturated carbocycles. The van der Waals surface area contributed by atoms with Gasteiger partial charge < -0.3 is 20.3 Å². The van der Waals surface area contributed by atoms with Crippen molar-refractivity contribution >= 4 is 27.7 Å². The second-order valence-corrected chi connectivity index (χ2v) is 9.12. The summed E-state index contributed by atoms with van der Waals surface area (Å²) in [7, 11) is 1.42. The number of hydrogen-bond donors (Lipinski definition) is 1. The van der Waals surface area contributed by atoms with Crippen LogP contribution in [0.1, 0.15) is 16.1 Å². The molecule has 1 saturated heterocycles. The van der Waals surface area contributed by atoms with E-state index in [4.69, 9.17) is 10.5 Å². The smallest absolute Gasteiger partial charge is 0.252 e. The van der Waals surface area contributed by atoms with E-state index in [2.05, 4.69) is 9.97 Å². The molecule has 0 spiro atoms. The van der Waals surface area contributed by atoms with Crippen molar-refractivity contribution in [1.82, 2.24) is 14.3 Å². The van der Waals surface area contributed by atoms with Gasteiger partial charge in [-0.1, -0.05) is 0 Å². The van der Waals surface area contributed by atoms with E-state index in [0.29, 0.717) is 19.0 Å². The van der Waals surface area contributed by atoms with Crippen molar-refractivity contribution in [2.24, 2.45) is 5.73 Å². The molecule has 11 heteroatoms. The van der Waals surface area contributed by atoms with E-state index in [9.17, 15) is 13.2 Å². The van der Waals surface area contributed by atoms with Gasteiger partial charge in [-0.3, -0.25) is 4.79 Å². The normalized spacial score (nSPS) is 15.1. The molecule has 1 aromatic heterocycles. The molecule has 1 amide bonds. The molecule has 1 aliphatic heterocycles. The Labute approximate surface area is 176 Å². The molecule has 1 aromatic carbocycles. The number of anilines is 2. The number of nitrogens with two attached hydrogens (primary N) is 1. The molecule has 1 aliphatic rings. The lowest BCUT2D eigenvalue weighted by Gasteiger charge is -2.34. The van der Waals surface area contributed by atoms with Gasteiger partial charge in [0.15, 0.2) is 0 Å². The fraction of sp³-hybridized carbons (Fsp3) is 0.421. The zero-order valence-corrected chi connectivity index (χ0v) is 18.3. The Balaban J connectivity index is 1.79. The van der Waals surface area contributed by atoms with Crippen LogP contribution in [-0.4, -0.2) is 76.0 Å². The molecule has 0 atom stereocenters. The van der Waals surface area contributed by atoms with Gasteiger partial charge in [0.2, 0.25) is 16.0 Å². The molecular formula is C19H26N6O4S. The lowest BCUT2D eigenvalue weighted by Crippen LogP contribution is -2.49. The van der Waals surface area contributed by atoms with Crippen molar-refractivity contribution in [2.45, 2.75) is 11.8 Å². The first-order valence-corrected chi connectivity index (χ1v) is 10.8. The number of rotatable bonds is 6. The highest BCUT2D eigenvalue weighted by molar-refractivity contribution is 7.89. The Morgan fingerprint density at radius 1 is 1.13 bits per heavy atom. The monoisotopic (exact) mass is 434 g/mol. The third-order valence-electron chi connectivity index (χ3n) is 4.88. The molecule has 30 heavy (non-hydrogen) atoms. The fourth-order valence-electron chi connectivity index (χ4n) is 3.22. The number of hydrogen-bond acceptors (Lipinski definition) is 8. The maximum atomic E-state index is 13.1. The Bertz CT molecular complexity index is 1050. The lowest BCUT2D eigenvalue weighted by atomic mass is 10.2. The number of methoxy groups -OCH3 is 1. The number of primary amides is 1. The summed E-state index contributed by atoms with van der Waals surface area (Å²) in [4.78, 5) is 24.6. The Hall–Kier alpha value is -2.92. The van der Waals surface area contributed by atoms with Crippen molar-refractivity contribution in [2.75, 3.05) is 57.2 Å². The van der Waals surface area contributed by atoms with E-state index in [1.165, 1.54) is 29.6 Å². The minimum Gasteiger partial charge on any atom is -0.496 e. The third-order valence-corrected chi connectivity index (χ3v) is 6.78. The Morgan fingerprint density at radius 3 is 2.37 bits per heavy atom. The number of benzene rings is 1. The van der Waals surface area contributed by atoms with E-state index in [0.717, 1.165) is 11.5 Å². The molecule has 10 nitrogen and oxygen atoms in total. The SMILES string of the molecule is COc1ccc(S(=O)(=O)N2CCN(c3nc(C)cc(N(C)C)n3)CC2)cc1C(N)=O. The summed E-state index contributed by atoms with van der Waals surface area (Å²) in [6, 6.07) is 6.01. The first-order valence-electron chi connectivity index (χ1n) is 9.39. The van der Waals surface area contributed by atoms with Crippen molar-refractivity contribution in [1.29, 1.82) is 0 Å². The number of amides is 1. The molecular weight excluding hydrogens is 408 g/mol. The molecule has 0 radical (unpaired) electrons. The van der Waals surface area contributed by atoms with Crippen LogP contribution in [0.4, 0.5) is 11.8 Å². The van der Waals surface area contributed by atoms with Gasteiger partial charge in [-0.05, 0) is 25.1 Å². The summed E-state index contributed by atoms with van der Waals surface area (Å²) < 4.78 is 32.6. The van der Waals surface area contributed by atoms with Crippen molar-refractivity contribution in [3.05, 3.63) is 35.5 Å². The quantitative estimate of drug-likeness (QED) is 0.696. The van der Waals surface area contributed by atoms with Gasteiger partial charge in [-0.2, -0.15) is 9.29 Å². The second-order valence-electron chi connectivity index (χ2n) is 7.18. The largest absolute Gasteiger partial charge is 0.496 e. The van der Waals surface area contributed by atoms with Crippen molar-refractivity contribution < 1.29 is 17.9 Å². The number of sulfonamides is 1. The number of piperazine rings is 1. The van der Waals surface area contributed by atoms with E-state index >= 15 is 0 Å². The average molecular weight is 435 g/mol. The van der Waals surface area contributed by atoms with Crippen molar-refractivity contribution in [3.63, 3.8) is 0 Å². The third kappa shape index (κ3) is 4.31. The van der Waals surface area contributed by atoms with Gasteiger partial charge in [0.1, 0.15) is 11.6 Å². The summed E-state index contributed by atoms with van der Waals surface area (Å²) in [5.74, 6) is 0.863. The summed E-state index contributed by atoms with van der Waals surface area (Å²) in [6.45, 7) is 3.35. The van der Waals surface area contributed by atoms with Gasteiger partial charge in [0.05, 0.1) is 17.6 Å². The van der Waals surface area contributed by atoms with E-state index in [-0.39, 0.29) is 29.3 Å². The molecule has 3 rings (SSSR count). The molecule has 1 fully saturated rings. The number of ether oxygens (including phenoxy) is 1. The molecule has 0 aliphatic carbocycles. The highest BCUT2D eigenvalue weighted by Crippen LogP contribution is 2.26. The zero-order valence-electron chi connectivity index (χ0n) is 17.5. The first kappa shape index (κ1) is 21.8. The lowest BCUT2D eigenvalue weighted by molar-refractivity contribution is 0.0997. The topological polar surface area (TPSA) is 122 Å². The van der Waals surface area contributed by atoms with Crippen LogP contribution in [0.25, 0.3) is 0 Å². The van der Waals surface area contributed by atoms with Crippen LogP contribution in [0.5, 0.6) is 5.75 Å². The molecule has 2 aromatic rings. The molecule has 0 unspecified atom stereocenters.